The van der Waals surface area contributed by atoms with E-state index >= 15 is 0 Å². The quantitative estimate of drug-likeness (QED) is 0.749. The fourth-order valence-corrected chi connectivity index (χ4v) is 1.54. The van der Waals surface area contributed by atoms with Gasteiger partial charge in [0.25, 0.3) is 5.91 Å². The van der Waals surface area contributed by atoms with Gasteiger partial charge < -0.3 is 10.2 Å². The van der Waals surface area contributed by atoms with E-state index in [1.54, 1.807) is 25.1 Å². The van der Waals surface area contributed by atoms with Crippen LogP contribution in [0.4, 0.5) is 0 Å². The molecule has 1 fully saturated rings. The van der Waals surface area contributed by atoms with E-state index in [0.717, 1.165) is 5.69 Å². The first-order valence-corrected chi connectivity index (χ1v) is 5.53. The topological polar surface area (TPSA) is 85.9 Å². The Kier molecular flexibility index (Phi) is 3.24. The number of nitriles is 1. The summed E-state index contributed by atoms with van der Waals surface area (Å²) in [6.45, 7) is 2.13. The molecule has 0 aliphatic carbocycles. The smallest absolute Gasteiger partial charge is 0.270 e. The Bertz CT molecular complexity index is 535. The molecular weight excluding hydrogens is 232 g/mol. The molecule has 1 saturated heterocycles. The number of hydrogen-bond donors (Lipinski definition) is 1. The summed E-state index contributed by atoms with van der Waals surface area (Å²) in [6, 6.07) is 6.75. The zero-order chi connectivity index (χ0) is 13.1. The van der Waals surface area contributed by atoms with Crippen molar-refractivity contribution in [2.45, 2.75) is 13.0 Å². The number of rotatable bonds is 3. The van der Waals surface area contributed by atoms with Crippen LogP contribution in [0.3, 0.4) is 0 Å². The lowest BCUT2D eigenvalue weighted by molar-refractivity contribution is -0.124. The van der Waals surface area contributed by atoms with Crippen molar-refractivity contribution < 1.29 is 9.59 Å². The number of carbonyl (C=O) groups is 2. The van der Waals surface area contributed by atoms with E-state index in [1.807, 2.05) is 6.07 Å². The normalized spacial score (nSPS) is 16.9. The average Bonchev–Trinajstić information content (AvgIpc) is 3.15. The van der Waals surface area contributed by atoms with Crippen molar-refractivity contribution in [1.29, 1.82) is 5.26 Å². The lowest BCUT2D eigenvalue weighted by Crippen LogP contribution is -2.33. The summed E-state index contributed by atoms with van der Waals surface area (Å²) >= 11 is 0. The van der Waals surface area contributed by atoms with E-state index < -0.39 is 0 Å². The molecule has 1 aromatic rings. The fraction of sp³-hybridized carbons (Fsp3) is 0.333. The average molecular weight is 244 g/mol. The summed E-state index contributed by atoms with van der Waals surface area (Å²) < 4.78 is 0. The van der Waals surface area contributed by atoms with Crippen molar-refractivity contribution in [3.05, 3.63) is 29.6 Å². The zero-order valence-electron chi connectivity index (χ0n) is 9.88. The number of nitrogens with one attached hydrogen (secondary N) is 1. The van der Waals surface area contributed by atoms with Crippen LogP contribution in [0.15, 0.2) is 18.2 Å². The fourth-order valence-electron chi connectivity index (χ4n) is 1.54. The Morgan fingerprint density at radius 1 is 1.61 bits per heavy atom. The van der Waals surface area contributed by atoms with Crippen molar-refractivity contribution in [3.63, 3.8) is 0 Å². The SMILES string of the molecule is Cc1cccc(C(=O)NCC(=O)N2CC2C#N)n1. The van der Waals surface area contributed by atoms with Gasteiger partial charge in [0.1, 0.15) is 11.7 Å². The highest BCUT2D eigenvalue weighted by molar-refractivity contribution is 5.95. The van der Waals surface area contributed by atoms with Crippen LogP contribution in [-0.4, -0.2) is 40.8 Å². The molecule has 1 atom stereocenters. The third-order valence-electron chi connectivity index (χ3n) is 2.60. The summed E-state index contributed by atoms with van der Waals surface area (Å²) in [6.07, 6.45) is 0. The summed E-state index contributed by atoms with van der Waals surface area (Å²) in [7, 11) is 0. The third kappa shape index (κ3) is 2.63. The molecular formula is C12H12N4O2. The molecule has 1 aromatic heterocycles. The van der Waals surface area contributed by atoms with E-state index in [0.29, 0.717) is 6.54 Å². The second kappa shape index (κ2) is 4.84. The minimum Gasteiger partial charge on any atom is -0.342 e. The number of aryl methyl sites for hydroxylation is 1. The molecule has 92 valence electrons. The van der Waals surface area contributed by atoms with E-state index in [-0.39, 0.29) is 30.1 Å². The number of pyridine rings is 1. The number of amides is 2. The second-order valence-corrected chi connectivity index (χ2v) is 4.04. The van der Waals surface area contributed by atoms with Crippen LogP contribution in [0.25, 0.3) is 0 Å². The minimum absolute atomic E-state index is 0.105. The predicted octanol–water partition coefficient (Wildman–Crippen LogP) is -0.146. The molecule has 6 nitrogen and oxygen atoms in total. The van der Waals surface area contributed by atoms with E-state index in [9.17, 15) is 9.59 Å². The van der Waals surface area contributed by atoms with Crippen LogP contribution in [0.1, 0.15) is 16.2 Å². The lowest BCUT2D eigenvalue weighted by atomic mass is 10.3. The van der Waals surface area contributed by atoms with E-state index in [2.05, 4.69) is 10.3 Å². The van der Waals surface area contributed by atoms with Crippen LogP contribution < -0.4 is 5.32 Å². The molecule has 1 unspecified atom stereocenters. The Morgan fingerprint density at radius 3 is 3.00 bits per heavy atom. The van der Waals surface area contributed by atoms with Crippen LogP contribution in [0, 0.1) is 18.3 Å². The Balaban J connectivity index is 1.86. The van der Waals surface area contributed by atoms with Crippen LogP contribution in [-0.2, 0) is 4.79 Å². The molecule has 1 aliphatic rings. The standard InChI is InChI=1S/C12H12N4O2/c1-8-3-2-4-10(15-8)12(18)14-6-11(17)16-7-9(16)5-13/h2-4,9H,6-7H2,1H3,(H,14,18). The van der Waals surface area contributed by atoms with E-state index in [4.69, 9.17) is 5.26 Å². The van der Waals surface area contributed by atoms with Gasteiger partial charge in [0.15, 0.2) is 0 Å². The molecule has 1 aliphatic heterocycles. The molecule has 0 radical (unpaired) electrons. The van der Waals surface area contributed by atoms with Gasteiger partial charge in [-0.15, -0.1) is 0 Å². The van der Waals surface area contributed by atoms with Gasteiger partial charge >= 0.3 is 0 Å². The maximum atomic E-state index is 11.7. The molecule has 0 aromatic carbocycles. The van der Waals surface area contributed by atoms with Crippen molar-refractivity contribution >= 4 is 11.8 Å². The first kappa shape index (κ1) is 12.0. The summed E-state index contributed by atoms with van der Waals surface area (Å²) in [4.78, 5) is 28.7. The van der Waals surface area contributed by atoms with Gasteiger partial charge in [-0.1, -0.05) is 6.07 Å². The first-order chi connectivity index (χ1) is 8.61. The van der Waals surface area contributed by atoms with Gasteiger partial charge in [0.05, 0.1) is 19.2 Å². The van der Waals surface area contributed by atoms with Gasteiger partial charge in [-0.3, -0.25) is 9.59 Å². The molecule has 2 rings (SSSR count). The Morgan fingerprint density at radius 2 is 2.39 bits per heavy atom. The number of nitrogens with zero attached hydrogens (tertiary/aromatic N) is 3. The van der Waals surface area contributed by atoms with E-state index in [1.165, 1.54) is 4.90 Å². The summed E-state index contributed by atoms with van der Waals surface area (Å²) in [5.41, 5.74) is 1.02. The Labute approximate surface area is 104 Å². The second-order valence-electron chi connectivity index (χ2n) is 4.04. The highest BCUT2D eigenvalue weighted by Gasteiger charge is 2.38. The molecule has 0 bridgehead atoms. The first-order valence-electron chi connectivity index (χ1n) is 5.53. The minimum atomic E-state index is -0.387. The van der Waals surface area contributed by atoms with Gasteiger partial charge in [0, 0.05) is 5.69 Å². The molecule has 0 spiro atoms. The van der Waals surface area contributed by atoms with Gasteiger partial charge in [-0.25, -0.2) is 4.98 Å². The molecule has 18 heavy (non-hydrogen) atoms. The van der Waals surface area contributed by atoms with Crippen LogP contribution in [0.2, 0.25) is 0 Å². The third-order valence-corrected chi connectivity index (χ3v) is 2.60. The van der Waals surface area contributed by atoms with Crippen LogP contribution >= 0.6 is 0 Å². The highest BCUT2D eigenvalue weighted by atomic mass is 16.2. The number of hydrogen-bond acceptors (Lipinski definition) is 4. The van der Waals surface area contributed by atoms with Crippen molar-refractivity contribution in [2.75, 3.05) is 13.1 Å². The van der Waals surface area contributed by atoms with Gasteiger partial charge in [-0.05, 0) is 19.1 Å². The molecule has 1 N–H and O–H groups in total. The van der Waals surface area contributed by atoms with Gasteiger partial charge in [-0.2, -0.15) is 5.26 Å². The monoisotopic (exact) mass is 244 g/mol. The number of aromatic nitrogens is 1. The lowest BCUT2D eigenvalue weighted by Gasteiger charge is -2.05. The maximum absolute atomic E-state index is 11.7. The summed E-state index contributed by atoms with van der Waals surface area (Å²) in [5, 5.41) is 11.1. The maximum Gasteiger partial charge on any atom is 0.270 e. The molecule has 6 heteroatoms. The van der Waals surface area contributed by atoms with Crippen LogP contribution in [0.5, 0.6) is 0 Å². The van der Waals surface area contributed by atoms with Crippen molar-refractivity contribution in [2.24, 2.45) is 0 Å². The van der Waals surface area contributed by atoms with Gasteiger partial charge in [0.2, 0.25) is 5.91 Å². The van der Waals surface area contributed by atoms with Crippen molar-refractivity contribution in [1.82, 2.24) is 15.2 Å². The number of carbonyl (C=O) groups excluding carboxylic acids is 2. The largest absolute Gasteiger partial charge is 0.342 e. The summed E-state index contributed by atoms with van der Waals surface area (Å²) in [5.74, 6) is -0.634. The Hall–Kier alpha value is -2.42. The molecule has 2 heterocycles. The predicted molar refractivity (Wildman–Crippen MR) is 62.4 cm³/mol. The zero-order valence-corrected chi connectivity index (χ0v) is 9.88. The molecule has 0 saturated carbocycles. The molecule has 2 amide bonds. The van der Waals surface area contributed by atoms with Crippen molar-refractivity contribution in [3.8, 4) is 6.07 Å². The highest BCUT2D eigenvalue weighted by Crippen LogP contribution is 2.15.